The largest absolute Gasteiger partial charge is 0.464 e. The van der Waals surface area contributed by atoms with Gasteiger partial charge in [0.2, 0.25) is 5.82 Å². The molecule has 0 fully saturated rings. The van der Waals surface area contributed by atoms with Crippen LogP contribution in [0, 0.1) is 29.1 Å². The summed E-state index contributed by atoms with van der Waals surface area (Å²) < 4.78 is 94.0. The number of hydrogen-bond donors (Lipinski definition) is 0. The zero-order chi connectivity index (χ0) is 15.0. The average molecular weight is 308 g/mol. The second kappa shape index (κ2) is 5.27. The van der Waals surface area contributed by atoms with Crippen molar-refractivity contribution in [2.75, 3.05) is 7.11 Å². The van der Waals surface area contributed by atoms with Gasteiger partial charge < -0.3 is 4.74 Å². The molecule has 0 amide bonds. The molecule has 0 spiro atoms. The van der Waals surface area contributed by atoms with Gasteiger partial charge >= 0.3 is 11.2 Å². The number of halogens is 7. The number of alkyl halides is 2. The maximum atomic E-state index is 13.1. The summed E-state index contributed by atoms with van der Waals surface area (Å²) in [5.74, 6) is -14.4. The molecule has 0 atom stereocenters. The Labute approximate surface area is 105 Å². The number of carbonyl (C=O) groups excluding carboxylic acids is 1. The Morgan fingerprint density at radius 2 is 1.32 bits per heavy atom. The van der Waals surface area contributed by atoms with Gasteiger partial charge in [-0.2, -0.15) is 8.78 Å². The Hall–Kier alpha value is -1.45. The van der Waals surface area contributed by atoms with E-state index in [9.17, 15) is 35.5 Å². The first-order chi connectivity index (χ1) is 8.63. The third kappa shape index (κ3) is 2.77. The molecule has 0 bridgehead atoms. The molecule has 1 rings (SSSR count). The minimum absolute atomic E-state index is 0.565. The van der Waals surface area contributed by atoms with E-state index in [4.69, 9.17) is 0 Å². The van der Waals surface area contributed by atoms with Crippen LogP contribution in [0.4, 0.5) is 30.7 Å². The Morgan fingerprint density at radius 3 is 1.68 bits per heavy atom. The van der Waals surface area contributed by atoms with E-state index in [1.54, 1.807) is 0 Å². The number of hydrogen-bond acceptors (Lipinski definition) is 3. The van der Waals surface area contributed by atoms with Crippen LogP contribution in [0.2, 0.25) is 0 Å². The third-order valence-corrected chi connectivity index (χ3v) is 2.81. The van der Waals surface area contributed by atoms with Gasteiger partial charge in [0.25, 0.3) is 0 Å². The van der Waals surface area contributed by atoms with Crippen molar-refractivity contribution in [1.29, 1.82) is 0 Å². The van der Waals surface area contributed by atoms with Gasteiger partial charge in [-0.05, 0) is 11.8 Å². The maximum absolute atomic E-state index is 13.1. The van der Waals surface area contributed by atoms with Gasteiger partial charge in [0.1, 0.15) is 0 Å². The summed E-state index contributed by atoms with van der Waals surface area (Å²) in [4.78, 5) is 8.73. The molecular weight excluding hydrogens is 305 g/mol. The molecule has 0 saturated carbocycles. The lowest BCUT2D eigenvalue weighted by atomic mass is 10.3. The molecule has 0 unspecified atom stereocenters. The zero-order valence-corrected chi connectivity index (χ0v) is 9.69. The number of benzene rings is 1. The quantitative estimate of drug-likeness (QED) is 0.282. The van der Waals surface area contributed by atoms with Gasteiger partial charge in [-0.15, -0.1) is 0 Å². The normalized spacial score (nSPS) is 11.6. The lowest BCUT2D eigenvalue weighted by molar-refractivity contribution is -0.156. The molecule has 0 aliphatic rings. The second-order valence-corrected chi connectivity index (χ2v) is 4.13. The van der Waals surface area contributed by atoms with E-state index in [-0.39, 0.29) is 0 Å². The van der Waals surface area contributed by atoms with Crippen LogP contribution in [-0.2, 0) is 9.53 Å². The van der Waals surface area contributed by atoms with Crippen LogP contribution in [0.3, 0.4) is 0 Å². The Kier molecular flexibility index (Phi) is 4.33. The van der Waals surface area contributed by atoms with Crippen LogP contribution in [0.1, 0.15) is 0 Å². The molecule has 2 nitrogen and oxygen atoms in total. The van der Waals surface area contributed by atoms with E-state index < -0.39 is 57.0 Å². The number of methoxy groups -OCH3 is 1. The van der Waals surface area contributed by atoms with E-state index in [0.29, 0.717) is 7.11 Å². The fraction of sp³-hybridized carbons (Fsp3) is 0.222. The highest BCUT2D eigenvalue weighted by molar-refractivity contribution is 8.01. The number of carbonyl (C=O) groups is 1. The molecule has 0 radical (unpaired) electrons. The summed E-state index contributed by atoms with van der Waals surface area (Å²) in [6.07, 6.45) is 0. The summed E-state index contributed by atoms with van der Waals surface area (Å²) in [6.45, 7) is 0. The zero-order valence-electron chi connectivity index (χ0n) is 8.87. The first kappa shape index (κ1) is 15.6. The van der Waals surface area contributed by atoms with E-state index in [1.165, 1.54) is 0 Å². The lowest BCUT2D eigenvalue weighted by Crippen LogP contribution is -2.26. The molecule has 0 saturated heterocycles. The molecule has 0 N–H and O–H groups in total. The fourth-order valence-electron chi connectivity index (χ4n) is 0.963. The number of esters is 1. The number of rotatable bonds is 3. The molecule has 0 aliphatic carbocycles. The average Bonchev–Trinajstić information content (AvgIpc) is 2.38. The molecule has 1 aromatic carbocycles. The summed E-state index contributed by atoms with van der Waals surface area (Å²) in [6, 6.07) is 0. The molecule has 106 valence electrons. The highest BCUT2D eigenvalue weighted by Crippen LogP contribution is 2.41. The number of ether oxygens (including phenoxy) is 1. The summed E-state index contributed by atoms with van der Waals surface area (Å²) >= 11 is -1.14. The first-order valence-electron chi connectivity index (χ1n) is 4.30. The van der Waals surface area contributed by atoms with Crippen molar-refractivity contribution in [3.8, 4) is 0 Å². The molecule has 19 heavy (non-hydrogen) atoms. The summed E-state index contributed by atoms with van der Waals surface area (Å²) in [5, 5.41) is -4.51. The number of thioether (sulfide) groups is 1. The Balaban J connectivity index is 3.34. The van der Waals surface area contributed by atoms with Crippen molar-refractivity contribution < 1.29 is 40.3 Å². The Bertz CT molecular complexity index is 503. The van der Waals surface area contributed by atoms with Crippen molar-refractivity contribution in [1.82, 2.24) is 0 Å². The SMILES string of the molecule is COC(=O)C(F)(F)Sc1c(F)c(F)c(F)c(F)c1F. The fourth-order valence-corrected chi connectivity index (χ4v) is 1.74. The highest BCUT2D eigenvalue weighted by Gasteiger charge is 2.44. The van der Waals surface area contributed by atoms with Crippen LogP contribution in [0.25, 0.3) is 0 Å². The Morgan fingerprint density at radius 1 is 0.947 bits per heavy atom. The van der Waals surface area contributed by atoms with Crippen molar-refractivity contribution in [2.24, 2.45) is 0 Å². The standard InChI is InChI=1S/C9H3F7O2S/c1-18-8(17)9(15,16)19-7-5(13)3(11)2(10)4(12)6(7)14/h1H3. The van der Waals surface area contributed by atoms with Crippen molar-refractivity contribution in [2.45, 2.75) is 10.2 Å². The van der Waals surface area contributed by atoms with Gasteiger partial charge in [-0.25, -0.2) is 26.7 Å². The molecule has 0 aliphatic heterocycles. The van der Waals surface area contributed by atoms with Crippen molar-refractivity contribution in [3.63, 3.8) is 0 Å². The van der Waals surface area contributed by atoms with Gasteiger partial charge in [0, 0.05) is 0 Å². The predicted molar refractivity (Wildman–Crippen MR) is 49.1 cm³/mol. The van der Waals surface area contributed by atoms with Crippen molar-refractivity contribution >= 4 is 17.7 Å². The molecule has 10 heteroatoms. The smallest absolute Gasteiger partial charge is 0.393 e. The van der Waals surface area contributed by atoms with Crippen LogP contribution in [0.5, 0.6) is 0 Å². The van der Waals surface area contributed by atoms with E-state index in [2.05, 4.69) is 4.74 Å². The first-order valence-corrected chi connectivity index (χ1v) is 5.11. The molecular formula is C9H3F7O2S. The molecule has 0 heterocycles. The van der Waals surface area contributed by atoms with Gasteiger partial charge in [0.15, 0.2) is 23.3 Å². The topological polar surface area (TPSA) is 26.3 Å². The summed E-state index contributed by atoms with van der Waals surface area (Å²) in [5.41, 5.74) is 0. The van der Waals surface area contributed by atoms with Crippen LogP contribution < -0.4 is 0 Å². The van der Waals surface area contributed by atoms with Gasteiger partial charge in [0.05, 0.1) is 12.0 Å². The van der Waals surface area contributed by atoms with Gasteiger partial charge in [-0.3, -0.25) is 0 Å². The monoisotopic (exact) mass is 308 g/mol. The van der Waals surface area contributed by atoms with E-state index in [0.717, 1.165) is 0 Å². The molecule has 1 aromatic rings. The lowest BCUT2D eigenvalue weighted by Gasteiger charge is -2.14. The van der Waals surface area contributed by atoms with E-state index in [1.807, 2.05) is 0 Å². The minimum Gasteiger partial charge on any atom is -0.464 e. The van der Waals surface area contributed by atoms with Crippen LogP contribution >= 0.6 is 11.8 Å². The predicted octanol–water partition coefficient (Wildman–Crippen LogP) is 3.24. The van der Waals surface area contributed by atoms with E-state index >= 15 is 0 Å². The van der Waals surface area contributed by atoms with Crippen LogP contribution in [-0.4, -0.2) is 18.3 Å². The van der Waals surface area contributed by atoms with Crippen LogP contribution in [0.15, 0.2) is 4.90 Å². The third-order valence-electron chi connectivity index (χ3n) is 1.82. The summed E-state index contributed by atoms with van der Waals surface area (Å²) in [7, 11) is 0.565. The van der Waals surface area contributed by atoms with Gasteiger partial charge in [-0.1, -0.05) is 0 Å². The minimum atomic E-state index is -4.51. The van der Waals surface area contributed by atoms with Crippen molar-refractivity contribution in [3.05, 3.63) is 29.1 Å². The maximum Gasteiger partial charge on any atom is 0.393 e. The highest BCUT2D eigenvalue weighted by atomic mass is 32.2. The molecule has 0 aromatic heterocycles. The second-order valence-electron chi connectivity index (χ2n) is 3.01.